The molecule has 0 atom stereocenters. The van der Waals surface area contributed by atoms with E-state index in [1.165, 1.54) is 0 Å². The van der Waals surface area contributed by atoms with Crippen molar-refractivity contribution in [3.8, 4) is 0 Å². The Hall–Kier alpha value is -1.03. The predicted octanol–water partition coefficient (Wildman–Crippen LogP) is 0.0639. The molecule has 0 amide bonds. The van der Waals surface area contributed by atoms with Gasteiger partial charge in [-0.25, -0.2) is 0 Å². The summed E-state index contributed by atoms with van der Waals surface area (Å²) in [6.45, 7) is 0.847. The first-order valence-corrected chi connectivity index (χ1v) is 3.52. The topological polar surface area (TPSA) is 47.1 Å². The molecule has 0 unspecified atom stereocenters. The summed E-state index contributed by atoms with van der Waals surface area (Å²) in [5.41, 5.74) is 6.81. The van der Waals surface area contributed by atoms with Crippen LogP contribution >= 0.6 is 0 Å². The Morgan fingerprint density at radius 1 is 1.64 bits per heavy atom. The Bertz CT molecular complexity index is 239. The first-order chi connectivity index (χ1) is 5.11. The maximum Gasteiger partial charge on any atom is 0.125 e. The van der Waals surface area contributed by atoms with Gasteiger partial charge >= 0.3 is 0 Å². The summed E-state index contributed by atoms with van der Waals surface area (Å²) in [6, 6.07) is 0. The molecular weight excluding hydrogens is 140 g/mol. The number of aromatic nitrogens is 2. The number of hydrogen-bond donors (Lipinski definition) is 1. The second kappa shape index (κ2) is 2.92. The van der Waals surface area contributed by atoms with Crippen LogP contribution in [0.25, 0.3) is 0 Å². The van der Waals surface area contributed by atoms with Crippen LogP contribution in [0.2, 0.25) is 0 Å². The smallest absolute Gasteiger partial charge is 0.125 e. The van der Waals surface area contributed by atoms with Crippen molar-refractivity contribution >= 4 is 5.82 Å². The lowest BCUT2D eigenvalue weighted by atomic mass is 10.3. The minimum absolute atomic E-state index is 0.749. The summed E-state index contributed by atoms with van der Waals surface area (Å²) in [7, 11) is 5.85. The average Bonchev–Trinajstić information content (AvgIpc) is 2.18. The van der Waals surface area contributed by atoms with Crippen molar-refractivity contribution < 1.29 is 0 Å². The highest BCUT2D eigenvalue weighted by atomic mass is 15.3. The number of anilines is 1. The van der Waals surface area contributed by atoms with Crippen molar-refractivity contribution in [3.05, 3.63) is 11.8 Å². The van der Waals surface area contributed by atoms with Crippen LogP contribution in [0.4, 0.5) is 5.82 Å². The molecule has 0 saturated carbocycles. The second-order valence-corrected chi connectivity index (χ2v) is 2.92. The number of nitrogen functional groups attached to an aromatic ring is 1. The van der Waals surface area contributed by atoms with E-state index in [1.807, 2.05) is 21.1 Å². The summed E-state index contributed by atoms with van der Waals surface area (Å²) < 4.78 is 1.68. The molecule has 0 aliphatic carbocycles. The fourth-order valence-corrected chi connectivity index (χ4v) is 0.955. The minimum atomic E-state index is 0.749. The predicted molar refractivity (Wildman–Crippen MR) is 45.0 cm³/mol. The molecule has 0 radical (unpaired) electrons. The minimum Gasteiger partial charge on any atom is -0.384 e. The fraction of sp³-hybridized carbons (Fsp3) is 0.571. The van der Waals surface area contributed by atoms with Gasteiger partial charge in [-0.3, -0.25) is 4.68 Å². The zero-order valence-electron chi connectivity index (χ0n) is 7.20. The lowest BCUT2D eigenvalue weighted by Crippen LogP contribution is -2.11. The monoisotopic (exact) mass is 154 g/mol. The fourth-order valence-electron chi connectivity index (χ4n) is 0.955. The average molecular weight is 154 g/mol. The number of rotatable bonds is 2. The SMILES string of the molecule is CN(C)Cc1cnn(C)c1N. The van der Waals surface area contributed by atoms with Crippen molar-refractivity contribution in [3.63, 3.8) is 0 Å². The van der Waals surface area contributed by atoms with Crippen molar-refractivity contribution in [1.29, 1.82) is 0 Å². The van der Waals surface area contributed by atoms with E-state index in [-0.39, 0.29) is 0 Å². The Morgan fingerprint density at radius 3 is 2.64 bits per heavy atom. The van der Waals surface area contributed by atoms with Gasteiger partial charge in [0.25, 0.3) is 0 Å². The maximum atomic E-state index is 5.72. The van der Waals surface area contributed by atoms with Crippen molar-refractivity contribution in [1.82, 2.24) is 14.7 Å². The zero-order valence-corrected chi connectivity index (χ0v) is 7.20. The van der Waals surface area contributed by atoms with Crippen LogP contribution in [0, 0.1) is 0 Å². The van der Waals surface area contributed by atoms with Gasteiger partial charge in [0.2, 0.25) is 0 Å². The van der Waals surface area contributed by atoms with Gasteiger partial charge in [0, 0.05) is 19.2 Å². The van der Waals surface area contributed by atoms with E-state index in [0.29, 0.717) is 0 Å². The van der Waals surface area contributed by atoms with Crippen LogP contribution in [-0.2, 0) is 13.6 Å². The van der Waals surface area contributed by atoms with Gasteiger partial charge in [0.15, 0.2) is 0 Å². The van der Waals surface area contributed by atoms with E-state index in [2.05, 4.69) is 10.00 Å². The standard InChI is InChI=1S/C7H14N4/c1-10(2)5-6-4-9-11(3)7(6)8/h4H,5,8H2,1-3H3. The van der Waals surface area contributed by atoms with E-state index in [0.717, 1.165) is 17.9 Å². The Balaban J connectivity index is 2.79. The normalized spacial score (nSPS) is 10.9. The molecule has 1 aromatic heterocycles. The Labute approximate surface area is 66.6 Å². The molecule has 62 valence electrons. The number of hydrogen-bond acceptors (Lipinski definition) is 3. The quantitative estimate of drug-likeness (QED) is 0.655. The first kappa shape index (κ1) is 8.07. The third-order valence-corrected chi connectivity index (χ3v) is 1.55. The first-order valence-electron chi connectivity index (χ1n) is 3.52. The van der Waals surface area contributed by atoms with Gasteiger partial charge in [-0.1, -0.05) is 0 Å². The van der Waals surface area contributed by atoms with Crippen LogP contribution in [0.3, 0.4) is 0 Å². The van der Waals surface area contributed by atoms with Gasteiger partial charge in [0.1, 0.15) is 5.82 Å². The molecule has 0 aliphatic rings. The number of nitrogens with two attached hydrogens (primary N) is 1. The second-order valence-electron chi connectivity index (χ2n) is 2.92. The molecule has 1 rings (SSSR count). The lowest BCUT2D eigenvalue weighted by molar-refractivity contribution is 0.403. The lowest BCUT2D eigenvalue weighted by Gasteiger charge is -2.07. The highest BCUT2D eigenvalue weighted by Crippen LogP contribution is 2.09. The molecule has 11 heavy (non-hydrogen) atoms. The molecule has 0 fully saturated rings. The Morgan fingerprint density at radius 2 is 2.27 bits per heavy atom. The molecule has 0 aliphatic heterocycles. The zero-order chi connectivity index (χ0) is 8.43. The molecule has 4 nitrogen and oxygen atoms in total. The number of nitrogens with zero attached hydrogens (tertiary/aromatic N) is 3. The molecule has 0 saturated heterocycles. The maximum absolute atomic E-state index is 5.72. The van der Waals surface area contributed by atoms with E-state index < -0.39 is 0 Å². The molecule has 1 aromatic rings. The summed E-state index contributed by atoms with van der Waals surface area (Å²) in [5.74, 6) is 0.749. The van der Waals surface area contributed by atoms with Crippen LogP contribution in [0.15, 0.2) is 6.20 Å². The molecular formula is C7H14N4. The molecule has 1 heterocycles. The largest absolute Gasteiger partial charge is 0.384 e. The van der Waals surface area contributed by atoms with Gasteiger partial charge < -0.3 is 10.6 Å². The molecule has 0 aromatic carbocycles. The van der Waals surface area contributed by atoms with Gasteiger partial charge in [-0.15, -0.1) is 0 Å². The third kappa shape index (κ3) is 1.71. The van der Waals surface area contributed by atoms with Crippen LogP contribution in [-0.4, -0.2) is 28.8 Å². The van der Waals surface area contributed by atoms with Gasteiger partial charge in [-0.2, -0.15) is 5.10 Å². The van der Waals surface area contributed by atoms with Gasteiger partial charge in [0.05, 0.1) is 6.20 Å². The van der Waals surface area contributed by atoms with E-state index in [9.17, 15) is 0 Å². The highest BCUT2D eigenvalue weighted by molar-refractivity contribution is 5.37. The van der Waals surface area contributed by atoms with E-state index in [1.54, 1.807) is 10.9 Å². The van der Waals surface area contributed by atoms with Crippen molar-refractivity contribution in [2.45, 2.75) is 6.54 Å². The summed E-state index contributed by atoms with van der Waals surface area (Å²) in [5, 5.41) is 4.03. The molecule has 4 heteroatoms. The van der Waals surface area contributed by atoms with Crippen molar-refractivity contribution in [2.24, 2.45) is 7.05 Å². The third-order valence-electron chi connectivity index (χ3n) is 1.55. The van der Waals surface area contributed by atoms with Crippen LogP contribution in [0.5, 0.6) is 0 Å². The van der Waals surface area contributed by atoms with E-state index in [4.69, 9.17) is 5.73 Å². The highest BCUT2D eigenvalue weighted by Gasteiger charge is 2.03. The van der Waals surface area contributed by atoms with Crippen LogP contribution < -0.4 is 5.73 Å². The summed E-state index contributed by atoms with van der Waals surface area (Å²) in [6.07, 6.45) is 1.80. The number of aryl methyl sites for hydroxylation is 1. The van der Waals surface area contributed by atoms with Gasteiger partial charge in [-0.05, 0) is 14.1 Å². The summed E-state index contributed by atoms with van der Waals surface area (Å²) in [4.78, 5) is 2.06. The molecule has 0 spiro atoms. The molecule has 0 bridgehead atoms. The summed E-state index contributed by atoms with van der Waals surface area (Å²) >= 11 is 0. The Kier molecular flexibility index (Phi) is 2.14. The van der Waals surface area contributed by atoms with Crippen LogP contribution in [0.1, 0.15) is 5.56 Å². The molecule has 2 N–H and O–H groups in total. The van der Waals surface area contributed by atoms with Crippen molar-refractivity contribution in [2.75, 3.05) is 19.8 Å². The van der Waals surface area contributed by atoms with E-state index >= 15 is 0 Å².